The zero-order chi connectivity index (χ0) is 10.2. The number of anilines is 2. The summed E-state index contributed by atoms with van der Waals surface area (Å²) < 4.78 is 1.87. The second kappa shape index (κ2) is 2.94. The van der Waals surface area contributed by atoms with Gasteiger partial charge in [0.05, 0.1) is 11.4 Å². The summed E-state index contributed by atoms with van der Waals surface area (Å²) in [5.41, 5.74) is 13.1. The number of aromatic nitrogens is 2. The molecule has 4 nitrogen and oxygen atoms in total. The predicted molar refractivity (Wildman–Crippen MR) is 55.4 cm³/mol. The average molecular weight is 182 g/mol. The molecule has 0 aliphatic rings. The summed E-state index contributed by atoms with van der Waals surface area (Å²) in [6.07, 6.45) is 0. The van der Waals surface area contributed by atoms with Crippen LogP contribution in [0.2, 0.25) is 0 Å². The van der Waals surface area contributed by atoms with E-state index >= 15 is 0 Å². The molecule has 0 aliphatic heterocycles. The van der Waals surface area contributed by atoms with E-state index in [1.807, 2.05) is 11.6 Å². The van der Waals surface area contributed by atoms with E-state index in [4.69, 9.17) is 11.5 Å². The Labute approximate surface area is 78.9 Å². The highest BCUT2D eigenvalue weighted by molar-refractivity contribution is 5.63. The third kappa shape index (κ3) is 1.61. The quantitative estimate of drug-likeness (QED) is 0.689. The van der Waals surface area contributed by atoms with Crippen LogP contribution in [0.15, 0.2) is 0 Å². The third-order valence-corrected chi connectivity index (χ3v) is 2.03. The molecule has 0 bridgehead atoms. The fourth-order valence-electron chi connectivity index (χ4n) is 1.51. The minimum atomic E-state index is -0.00921. The molecule has 0 aromatic carbocycles. The van der Waals surface area contributed by atoms with Gasteiger partial charge in [0.25, 0.3) is 0 Å². The maximum Gasteiger partial charge on any atom is 0.169 e. The number of nitrogen functional groups attached to an aromatic ring is 2. The van der Waals surface area contributed by atoms with E-state index in [0.717, 1.165) is 12.2 Å². The van der Waals surface area contributed by atoms with Gasteiger partial charge in [-0.05, 0) is 6.92 Å². The molecule has 1 aromatic rings. The Balaban J connectivity index is 3.33. The van der Waals surface area contributed by atoms with Crippen LogP contribution in [0.1, 0.15) is 33.4 Å². The van der Waals surface area contributed by atoms with Crippen molar-refractivity contribution in [2.75, 3.05) is 11.5 Å². The number of nitrogens with two attached hydrogens (primary N) is 2. The summed E-state index contributed by atoms with van der Waals surface area (Å²) in [5.74, 6) is 0.437. The van der Waals surface area contributed by atoms with Crippen molar-refractivity contribution in [1.82, 2.24) is 9.78 Å². The summed E-state index contributed by atoms with van der Waals surface area (Å²) in [4.78, 5) is 0. The van der Waals surface area contributed by atoms with Gasteiger partial charge >= 0.3 is 0 Å². The fourth-order valence-corrected chi connectivity index (χ4v) is 1.51. The van der Waals surface area contributed by atoms with Crippen molar-refractivity contribution < 1.29 is 0 Å². The Morgan fingerprint density at radius 3 is 2.15 bits per heavy atom. The first-order valence-electron chi connectivity index (χ1n) is 4.50. The molecule has 0 radical (unpaired) electrons. The number of rotatable bonds is 1. The molecule has 74 valence electrons. The number of hydrogen-bond donors (Lipinski definition) is 2. The van der Waals surface area contributed by atoms with Crippen LogP contribution in [0, 0.1) is 0 Å². The lowest BCUT2D eigenvalue weighted by atomic mass is 9.91. The largest absolute Gasteiger partial charge is 0.394 e. The Morgan fingerprint density at radius 1 is 1.31 bits per heavy atom. The smallest absolute Gasteiger partial charge is 0.169 e. The van der Waals surface area contributed by atoms with E-state index in [-0.39, 0.29) is 5.41 Å². The zero-order valence-corrected chi connectivity index (χ0v) is 8.76. The Hall–Kier alpha value is -1.19. The molecule has 0 aliphatic carbocycles. The highest BCUT2D eigenvalue weighted by Crippen LogP contribution is 2.31. The van der Waals surface area contributed by atoms with Gasteiger partial charge in [-0.3, -0.25) is 4.68 Å². The van der Waals surface area contributed by atoms with Crippen LogP contribution >= 0.6 is 0 Å². The van der Waals surface area contributed by atoms with E-state index in [0.29, 0.717) is 11.5 Å². The standard InChI is InChI=1S/C9H18N4/c1-5-13-7(9(2,3)4)6(10)8(11)12-13/h5,10H2,1-4H3,(H2,11,12). The van der Waals surface area contributed by atoms with Crippen molar-refractivity contribution in [3.63, 3.8) is 0 Å². The number of hydrogen-bond acceptors (Lipinski definition) is 3. The molecule has 1 rings (SSSR count). The number of nitrogens with zero attached hydrogens (tertiary/aromatic N) is 2. The molecular weight excluding hydrogens is 164 g/mol. The Kier molecular flexibility index (Phi) is 2.24. The topological polar surface area (TPSA) is 69.9 Å². The summed E-state index contributed by atoms with van der Waals surface area (Å²) in [6.45, 7) is 9.14. The summed E-state index contributed by atoms with van der Waals surface area (Å²) >= 11 is 0. The third-order valence-electron chi connectivity index (χ3n) is 2.03. The van der Waals surface area contributed by atoms with E-state index in [1.54, 1.807) is 0 Å². The van der Waals surface area contributed by atoms with Crippen molar-refractivity contribution in [2.24, 2.45) is 0 Å². The second-order valence-corrected chi connectivity index (χ2v) is 4.21. The van der Waals surface area contributed by atoms with Gasteiger partial charge in [0.1, 0.15) is 0 Å². The summed E-state index contributed by atoms with van der Waals surface area (Å²) in [5, 5.41) is 4.16. The molecule has 0 fully saturated rings. The molecule has 1 heterocycles. The van der Waals surface area contributed by atoms with E-state index in [9.17, 15) is 0 Å². The van der Waals surface area contributed by atoms with Crippen LogP contribution in [-0.4, -0.2) is 9.78 Å². The first-order chi connectivity index (χ1) is 5.88. The van der Waals surface area contributed by atoms with Gasteiger partial charge in [0, 0.05) is 12.0 Å². The number of aryl methyl sites for hydroxylation is 1. The van der Waals surface area contributed by atoms with Crippen LogP contribution < -0.4 is 11.5 Å². The van der Waals surface area contributed by atoms with Gasteiger partial charge in [-0.1, -0.05) is 20.8 Å². The van der Waals surface area contributed by atoms with Gasteiger partial charge in [-0.25, -0.2) is 0 Å². The van der Waals surface area contributed by atoms with Crippen molar-refractivity contribution in [2.45, 2.75) is 39.7 Å². The normalized spacial score (nSPS) is 12.0. The van der Waals surface area contributed by atoms with Crippen LogP contribution in [-0.2, 0) is 12.0 Å². The average Bonchev–Trinajstić information content (AvgIpc) is 2.26. The lowest BCUT2D eigenvalue weighted by Crippen LogP contribution is -2.19. The first kappa shape index (κ1) is 9.89. The molecule has 0 atom stereocenters. The molecule has 13 heavy (non-hydrogen) atoms. The highest BCUT2D eigenvalue weighted by atomic mass is 15.3. The lowest BCUT2D eigenvalue weighted by molar-refractivity contribution is 0.500. The molecule has 4 N–H and O–H groups in total. The summed E-state index contributed by atoms with van der Waals surface area (Å²) in [7, 11) is 0. The van der Waals surface area contributed by atoms with Gasteiger partial charge in [-0.15, -0.1) is 0 Å². The second-order valence-electron chi connectivity index (χ2n) is 4.21. The maximum atomic E-state index is 5.86. The van der Waals surface area contributed by atoms with E-state index in [1.165, 1.54) is 0 Å². The zero-order valence-electron chi connectivity index (χ0n) is 8.76. The fraction of sp³-hybridized carbons (Fsp3) is 0.667. The molecule has 0 spiro atoms. The van der Waals surface area contributed by atoms with Gasteiger partial charge < -0.3 is 11.5 Å². The van der Waals surface area contributed by atoms with Crippen molar-refractivity contribution >= 4 is 11.5 Å². The predicted octanol–water partition coefficient (Wildman–Crippen LogP) is 1.36. The molecule has 0 unspecified atom stereocenters. The van der Waals surface area contributed by atoms with E-state index in [2.05, 4.69) is 25.9 Å². The van der Waals surface area contributed by atoms with Crippen molar-refractivity contribution in [3.8, 4) is 0 Å². The minimum absolute atomic E-state index is 0.00921. The van der Waals surface area contributed by atoms with Crippen LogP contribution in [0.25, 0.3) is 0 Å². The molecule has 0 amide bonds. The van der Waals surface area contributed by atoms with Crippen molar-refractivity contribution in [1.29, 1.82) is 0 Å². The maximum absolute atomic E-state index is 5.86. The Bertz CT molecular complexity index is 306. The lowest BCUT2D eigenvalue weighted by Gasteiger charge is -2.20. The van der Waals surface area contributed by atoms with Crippen molar-refractivity contribution in [3.05, 3.63) is 5.69 Å². The monoisotopic (exact) mass is 182 g/mol. The summed E-state index contributed by atoms with van der Waals surface area (Å²) in [6, 6.07) is 0. The van der Waals surface area contributed by atoms with Gasteiger partial charge in [0.2, 0.25) is 0 Å². The molecule has 0 saturated heterocycles. The SMILES string of the molecule is CCn1nc(N)c(N)c1C(C)(C)C. The molecule has 1 aromatic heterocycles. The molecule has 0 saturated carbocycles. The first-order valence-corrected chi connectivity index (χ1v) is 4.50. The van der Waals surface area contributed by atoms with Gasteiger partial charge in [0.15, 0.2) is 5.82 Å². The minimum Gasteiger partial charge on any atom is -0.394 e. The Morgan fingerprint density at radius 2 is 1.85 bits per heavy atom. The van der Waals surface area contributed by atoms with Crippen LogP contribution in [0.3, 0.4) is 0 Å². The molecule has 4 heteroatoms. The van der Waals surface area contributed by atoms with Gasteiger partial charge in [-0.2, -0.15) is 5.10 Å². The van der Waals surface area contributed by atoms with Crippen LogP contribution in [0.5, 0.6) is 0 Å². The molecular formula is C9H18N4. The van der Waals surface area contributed by atoms with E-state index < -0.39 is 0 Å². The van der Waals surface area contributed by atoms with Crippen LogP contribution in [0.4, 0.5) is 11.5 Å². The highest BCUT2D eigenvalue weighted by Gasteiger charge is 2.24.